The van der Waals surface area contributed by atoms with Crippen LogP contribution in [0.1, 0.15) is 48.8 Å². The minimum absolute atomic E-state index is 0.0207. The maximum Gasteiger partial charge on any atom is 0.268 e. The molecule has 4 rings (SSSR count). The van der Waals surface area contributed by atoms with Crippen molar-refractivity contribution in [1.82, 2.24) is 15.1 Å². The zero-order chi connectivity index (χ0) is 21.1. The molecule has 1 aromatic heterocycles. The van der Waals surface area contributed by atoms with E-state index >= 15 is 0 Å². The number of nitrogens with zero attached hydrogens (tertiary/aromatic N) is 3. The van der Waals surface area contributed by atoms with Gasteiger partial charge in [0.15, 0.2) is 0 Å². The average molecular weight is 409 g/mol. The van der Waals surface area contributed by atoms with Crippen LogP contribution in [0.15, 0.2) is 35.3 Å². The lowest BCUT2D eigenvalue weighted by molar-refractivity contribution is -0.122. The number of aromatic nitrogens is 2. The predicted octanol–water partition coefficient (Wildman–Crippen LogP) is 3.19. The number of rotatable bonds is 7. The summed E-state index contributed by atoms with van der Waals surface area (Å²) in [5.74, 6) is 1.02. The van der Waals surface area contributed by atoms with Crippen molar-refractivity contribution in [2.45, 2.75) is 59.0 Å². The Morgan fingerprint density at radius 1 is 1.13 bits per heavy atom. The molecule has 1 aliphatic heterocycles. The third-order valence-electron chi connectivity index (χ3n) is 6.40. The first kappa shape index (κ1) is 20.6. The first-order valence-electron chi connectivity index (χ1n) is 11.1. The van der Waals surface area contributed by atoms with Crippen molar-refractivity contribution in [2.24, 2.45) is 11.8 Å². The molecule has 1 saturated heterocycles. The van der Waals surface area contributed by atoms with Crippen molar-refractivity contribution < 1.29 is 4.79 Å². The molecule has 30 heavy (non-hydrogen) atoms. The molecule has 1 aromatic carbocycles. The van der Waals surface area contributed by atoms with E-state index in [0.29, 0.717) is 24.8 Å². The summed E-state index contributed by atoms with van der Waals surface area (Å²) < 4.78 is 1.59. The Bertz CT molecular complexity index is 964. The van der Waals surface area contributed by atoms with Crippen molar-refractivity contribution >= 4 is 11.6 Å². The smallest absolute Gasteiger partial charge is 0.268 e. The highest BCUT2D eigenvalue weighted by atomic mass is 16.1. The van der Waals surface area contributed by atoms with E-state index in [-0.39, 0.29) is 11.5 Å². The van der Waals surface area contributed by atoms with E-state index in [0.717, 1.165) is 43.7 Å². The largest absolute Gasteiger partial charge is 0.370 e. The van der Waals surface area contributed by atoms with Crippen LogP contribution in [0.4, 0.5) is 5.69 Å². The molecule has 6 nitrogen and oxygen atoms in total. The highest BCUT2D eigenvalue weighted by Crippen LogP contribution is 2.30. The zero-order valence-electron chi connectivity index (χ0n) is 18.1. The van der Waals surface area contributed by atoms with Crippen molar-refractivity contribution in [3.8, 4) is 0 Å². The molecule has 6 heteroatoms. The normalized spacial score (nSPS) is 19.0. The summed E-state index contributed by atoms with van der Waals surface area (Å²) in [6.45, 7) is 7.20. The highest BCUT2D eigenvalue weighted by molar-refractivity contribution is 5.76. The minimum Gasteiger partial charge on any atom is -0.370 e. The van der Waals surface area contributed by atoms with Crippen LogP contribution in [0, 0.1) is 25.7 Å². The van der Waals surface area contributed by atoms with Gasteiger partial charge in [-0.15, -0.1) is 0 Å². The van der Waals surface area contributed by atoms with Gasteiger partial charge in [0.2, 0.25) is 5.91 Å². The Hall–Kier alpha value is -2.63. The Morgan fingerprint density at radius 2 is 1.97 bits per heavy atom. The summed E-state index contributed by atoms with van der Waals surface area (Å²) in [7, 11) is 0. The number of amides is 1. The third kappa shape index (κ3) is 5.29. The third-order valence-corrected chi connectivity index (χ3v) is 6.40. The molecule has 1 unspecified atom stereocenters. The van der Waals surface area contributed by atoms with Gasteiger partial charge in [0.25, 0.3) is 5.56 Å². The Morgan fingerprint density at radius 3 is 2.70 bits per heavy atom. The van der Waals surface area contributed by atoms with Gasteiger partial charge in [0, 0.05) is 38.7 Å². The van der Waals surface area contributed by atoms with Gasteiger partial charge < -0.3 is 10.2 Å². The molecule has 1 atom stereocenters. The maximum atomic E-state index is 12.5. The molecule has 0 spiro atoms. The van der Waals surface area contributed by atoms with Crippen molar-refractivity contribution in [1.29, 1.82) is 0 Å². The topological polar surface area (TPSA) is 67.2 Å². The number of anilines is 1. The van der Waals surface area contributed by atoms with Gasteiger partial charge in [-0.25, -0.2) is 4.68 Å². The molecule has 2 fully saturated rings. The van der Waals surface area contributed by atoms with E-state index in [9.17, 15) is 9.59 Å². The quantitative estimate of drug-likeness (QED) is 0.764. The number of aryl methyl sites for hydroxylation is 2. The van der Waals surface area contributed by atoms with E-state index in [1.54, 1.807) is 10.7 Å². The van der Waals surface area contributed by atoms with Crippen molar-refractivity contribution in [2.75, 3.05) is 18.0 Å². The fourth-order valence-electron chi connectivity index (χ4n) is 4.19. The van der Waals surface area contributed by atoms with E-state index in [1.165, 1.54) is 24.0 Å². The molecule has 2 heterocycles. The van der Waals surface area contributed by atoms with Crippen LogP contribution >= 0.6 is 0 Å². The lowest BCUT2D eigenvalue weighted by Gasteiger charge is -2.34. The van der Waals surface area contributed by atoms with Crippen LogP contribution < -0.4 is 15.8 Å². The molecular formula is C24H32N4O2. The Kier molecular flexibility index (Phi) is 6.21. The van der Waals surface area contributed by atoms with Crippen molar-refractivity contribution in [3.63, 3.8) is 0 Å². The second-order valence-electron chi connectivity index (χ2n) is 9.03. The van der Waals surface area contributed by atoms with Gasteiger partial charge >= 0.3 is 0 Å². The van der Waals surface area contributed by atoms with Crippen LogP contribution in [-0.4, -0.2) is 28.8 Å². The number of carbonyl (C=O) groups is 1. The number of benzene rings is 1. The molecule has 2 aliphatic rings. The van der Waals surface area contributed by atoms with E-state index < -0.39 is 0 Å². The summed E-state index contributed by atoms with van der Waals surface area (Å²) in [5, 5.41) is 7.44. The summed E-state index contributed by atoms with van der Waals surface area (Å²) in [5.41, 5.74) is 4.51. The molecule has 1 amide bonds. The lowest BCUT2D eigenvalue weighted by atomic mass is 9.94. The highest BCUT2D eigenvalue weighted by Gasteiger charge is 2.25. The van der Waals surface area contributed by atoms with Crippen LogP contribution in [0.5, 0.6) is 0 Å². The monoisotopic (exact) mass is 408 g/mol. The fourth-order valence-corrected chi connectivity index (χ4v) is 4.19. The zero-order valence-corrected chi connectivity index (χ0v) is 18.1. The average Bonchev–Trinajstić information content (AvgIpc) is 3.55. The molecule has 2 aromatic rings. The molecule has 0 bridgehead atoms. The van der Waals surface area contributed by atoms with Gasteiger partial charge in [-0.1, -0.05) is 18.2 Å². The van der Waals surface area contributed by atoms with Gasteiger partial charge in [0.05, 0.1) is 11.9 Å². The van der Waals surface area contributed by atoms with Crippen LogP contribution in [0.3, 0.4) is 0 Å². The van der Waals surface area contributed by atoms with Gasteiger partial charge in [-0.2, -0.15) is 5.10 Å². The SMILES string of the molecule is Cc1ccc(CNC(=O)CC2CCCN(c3cnn(CC4CC4)c(=O)c3)C2)cc1C. The van der Waals surface area contributed by atoms with Crippen LogP contribution in [-0.2, 0) is 17.9 Å². The Balaban J connectivity index is 1.30. The summed E-state index contributed by atoms with van der Waals surface area (Å²) in [6, 6.07) is 8.01. The van der Waals surface area contributed by atoms with Gasteiger partial charge in [-0.3, -0.25) is 9.59 Å². The second kappa shape index (κ2) is 9.02. The number of hydrogen-bond acceptors (Lipinski definition) is 4. The molecule has 0 radical (unpaired) electrons. The maximum absolute atomic E-state index is 12.5. The molecule has 1 aliphatic carbocycles. The lowest BCUT2D eigenvalue weighted by Crippen LogP contribution is -2.38. The number of nitrogens with one attached hydrogen (secondary N) is 1. The standard InChI is InChI=1S/C24H32N4O2/c1-17-5-6-20(10-18(17)2)13-25-23(29)11-21-4-3-9-27(15-21)22-12-24(30)28(26-14-22)16-19-7-8-19/h5-6,10,12,14,19,21H,3-4,7-9,11,13,15-16H2,1-2H3,(H,25,29). The number of hydrogen-bond donors (Lipinski definition) is 1. The van der Waals surface area contributed by atoms with Crippen molar-refractivity contribution in [3.05, 3.63) is 57.5 Å². The molecular weight excluding hydrogens is 376 g/mol. The summed E-state index contributed by atoms with van der Waals surface area (Å²) >= 11 is 0. The van der Waals surface area contributed by atoms with Gasteiger partial charge in [0.1, 0.15) is 0 Å². The van der Waals surface area contributed by atoms with Crippen LogP contribution in [0.2, 0.25) is 0 Å². The predicted molar refractivity (Wildman–Crippen MR) is 119 cm³/mol. The molecule has 1 N–H and O–H groups in total. The van der Waals surface area contributed by atoms with E-state index in [2.05, 4.69) is 47.4 Å². The minimum atomic E-state index is -0.0207. The fraction of sp³-hybridized carbons (Fsp3) is 0.542. The van der Waals surface area contributed by atoms with E-state index in [4.69, 9.17) is 0 Å². The first-order valence-corrected chi connectivity index (χ1v) is 11.1. The Labute approximate surface area is 178 Å². The first-order chi connectivity index (χ1) is 14.5. The second-order valence-corrected chi connectivity index (χ2v) is 9.03. The number of piperidine rings is 1. The summed E-state index contributed by atoms with van der Waals surface area (Å²) in [4.78, 5) is 27.1. The van der Waals surface area contributed by atoms with Crippen LogP contribution in [0.25, 0.3) is 0 Å². The van der Waals surface area contributed by atoms with Gasteiger partial charge in [-0.05, 0) is 68.1 Å². The number of carbonyl (C=O) groups excluding carboxylic acids is 1. The summed E-state index contributed by atoms with van der Waals surface area (Å²) in [6.07, 6.45) is 6.81. The molecule has 160 valence electrons. The van der Waals surface area contributed by atoms with E-state index in [1.807, 2.05) is 6.20 Å². The molecule has 1 saturated carbocycles.